The van der Waals surface area contributed by atoms with E-state index in [2.05, 4.69) is 20.2 Å². The zero-order chi connectivity index (χ0) is 21.6. The Morgan fingerprint density at radius 2 is 1.71 bits per heavy atom. The molecule has 8 heteroatoms. The van der Waals surface area contributed by atoms with E-state index in [0.29, 0.717) is 11.0 Å². The maximum Gasteiger partial charge on any atom is 0.237 e. The number of benzene rings is 1. The van der Waals surface area contributed by atoms with Gasteiger partial charge in [-0.15, -0.1) is 10.2 Å². The van der Waals surface area contributed by atoms with Gasteiger partial charge in [-0.3, -0.25) is 19.3 Å². The third kappa shape index (κ3) is 4.64. The molecule has 156 valence electrons. The van der Waals surface area contributed by atoms with Crippen molar-refractivity contribution in [3.05, 3.63) is 79.4 Å². The van der Waals surface area contributed by atoms with Gasteiger partial charge in [0.1, 0.15) is 0 Å². The van der Waals surface area contributed by atoms with Crippen LogP contribution < -0.4 is 4.90 Å². The van der Waals surface area contributed by atoms with E-state index in [9.17, 15) is 4.79 Å². The number of carbonyl (C=O) groups is 1. The molecule has 0 spiro atoms. The highest BCUT2D eigenvalue weighted by atomic mass is 32.2. The van der Waals surface area contributed by atoms with Crippen molar-refractivity contribution in [3.63, 3.8) is 0 Å². The van der Waals surface area contributed by atoms with Crippen LogP contribution in [0.5, 0.6) is 0 Å². The van der Waals surface area contributed by atoms with Crippen LogP contribution in [0.25, 0.3) is 17.1 Å². The van der Waals surface area contributed by atoms with Crippen LogP contribution in [0.15, 0.2) is 84.5 Å². The summed E-state index contributed by atoms with van der Waals surface area (Å²) in [6, 6.07) is 17.4. The molecule has 0 N–H and O–H groups in total. The number of pyridine rings is 2. The summed E-state index contributed by atoms with van der Waals surface area (Å²) in [6.07, 6.45) is 6.88. The highest BCUT2D eigenvalue weighted by molar-refractivity contribution is 7.99. The topological polar surface area (TPSA) is 76.8 Å². The van der Waals surface area contributed by atoms with Crippen molar-refractivity contribution in [2.24, 2.45) is 0 Å². The van der Waals surface area contributed by atoms with Gasteiger partial charge in [-0.2, -0.15) is 0 Å². The Morgan fingerprint density at radius 1 is 0.968 bits per heavy atom. The summed E-state index contributed by atoms with van der Waals surface area (Å²) >= 11 is 1.36. The quantitative estimate of drug-likeness (QED) is 0.408. The summed E-state index contributed by atoms with van der Waals surface area (Å²) in [7, 11) is 0. The van der Waals surface area contributed by atoms with Crippen LogP contribution in [0.1, 0.15) is 13.8 Å². The summed E-state index contributed by atoms with van der Waals surface area (Å²) in [5.41, 5.74) is 2.56. The molecule has 1 amide bonds. The van der Waals surface area contributed by atoms with Crippen molar-refractivity contribution < 1.29 is 4.79 Å². The van der Waals surface area contributed by atoms with E-state index >= 15 is 0 Å². The molecule has 0 bridgehead atoms. The minimum atomic E-state index is -0.0152. The predicted octanol–water partition coefficient (Wildman–Crippen LogP) is 4.26. The molecule has 0 aliphatic carbocycles. The summed E-state index contributed by atoms with van der Waals surface area (Å²) in [4.78, 5) is 23.2. The molecule has 4 rings (SSSR count). The zero-order valence-electron chi connectivity index (χ0n) is 17.3. The number of anilines is 1. The molecule has 7 nitrogen and oxygen atoms in total. The van der Waals surface area contributed by atoms with Gasteiger partial charge in [0, 0.05) is 35.9 Å². The van der Waals surface area contributed by atoms with Crippen molar-refractivity contribution in [1.82, 2.24) is 24.7 Å². The highest BCUT2D eigenvalue weighted by Crippen LogP contribution is 2.28. The first-order valence-corrected chi connectivity index (χ1v) is 10.9. The number of nitrogens with zero attached hydrogens (tertiary/aromatic N) is 6. The van der Waals surface area contributed by atoms with Gasteiger partial charge in [-0.05, 0) is 50.2 Å². The third-order valence-corrected chi connectivity index (χ3v) is 5.52. The summed E-state index contributed by atoms with van der Waals surface area (Å²) in [6.45, 7) is 3.98. The van der Waals surface area contributed by atoms with Gasteiger partial charge in [0.15, 0.2) is 11.0 Å². The van der Waals surface area contributed by atoms with E-state index in [-0.39, 0.29) is 17.7 Å². The molecule has 0 fully saturated rings. The average molecular weight is 431 g/mol. The third-order valence-electron chi connectivity index (χ3n) is 4.60. The molecule has 4 aromatic rings. The van der Waals surface area contributed by atoms with E-state index < -0.39 is 0 Å². The van der Waals surface area contributed by atoms with Gasteiger partial charge >= 0.3 is 0 Å². The average Bonchev–Trinajstić information content (AvgIpc) is 3.23. The van der Waals surface area contributed by atoms with Gasteiger partial charge in [0.05, 0.1) is 17.6 Å². The van der Waals surface area contributed by atoms with Crippen molar-refractivity contribution >= 4 is 23.4 Å². The van der Waals surface area contributed by atoms with E-state index in [4.69, 9.17) is 0 Å². The molecule has 0 aliphatic rings. The lowest BCUT2D eigenvalue weighted by Crippen LogP contribution is -2.38. The molecule has 0 aliphatic heterocycles. The van der Waals surface area contributed by atoms with Gasteiger partial charge in [0.25, 0.3) is 0 Å². The molecule has 0 atom stereocenters. The maximum atomic E-state index is 13.1. The number of hydrogen-bond donors (Lipinski definition) is 0. The van der Waals surface area contributed by atoms with Crippen LogP contribution >= 0.6 is 11.8 Å². The minimum Gasteiger partial charge on any atom is -0.308 e. The van der Waals surface area contributed by atoms with Gasteiger partial charge in [-0.1, -0.05) is 30.0 Å². The largest absolute Gasteiger partial charge is 0.308 e. The van der Waals surface area contributed by atoms with Gasteiger partial charge < -0.3 is 4.90 Å². The first-order chi connectivity index (χ1) is 15.1. The Balaban J connectivity index is 1.63. The van der Waals surface area contributed by atoms with E-state index in [1.807, 2.05) is 73.0 Å². The van der Waals surface area contributed by atoms with Crippen LogP contribution in [0.3, 0.4) is 0 Å². The standard InChI is InChI=1S/C23H22N6OS/c1-17(2)28(20-11-7-13-25-15-20)21(30)16-31-23-27-26-22(18-8-6-12-24-14-18)29(23)19-9-4-3-5-10-19/h3-15,17H,16H2,1-2H3. The molecule has 31 heavy (non-hydrogen) atoms. The van der Waals surface area contributed by atoms with Crippen molar-refractivity contribution in [3.8, 4) is 17.1 Å². The van der Waals surface area contributed by atoms with E-state index in [1.165, 1.54) is 11.8 Å². The van der Waals surface area contributed by atoms with Crippen LogP contribution in [0.2, 0.25) is 0 Å². The monoisotopic (exact) mass is 430 g/mol. The first kappa shape index (κ1) is 20.7. The first-order valence-electron chi connectivity index (χ1n) is 9.91. The van der Waals surface area contributed by atoms with Crippen LogP contribution in [0.4, 0.5) is 5.69 Å². The van der Waals surface area contributed by atoms with Gasteiger partial charge in [-0.25, -0.2) is 0 Å². The van der Waals surface area contributed by atoms with Crippen molar-refractivity contribution in [2.45, 2.75) is 25.0 Å². The predicted molar refractivity (Wildman–Crippen MR) is 122 cm³/mol. The molecule has 3 heterocycles. The molecule has 3 aromatic heterocycles. The molecule has 0 unspecified atom stereocenters. The Kier molecular flexibility index (Phi) is 6.37. The Hall–Kier alpha value is -3.52. The second-order valence-corrected chi connectivity index (χ2v) is 8.02. The Labute approximate surface area is 185 Å². The Bertz CT molecular complexity index is 1130. The molecule has 1 aromatic carbocycles. The fourth-order valence-corrected chi connectivity index (χ4v) is 4.09. The smallest absolute Gasteiger partial charge is 0.237 e. The number of carbonyl (C=O) groups excluding carboxylic acids is 1. The lowest BCUT2D eigenvalue weighted by molar-refractivity contribution is -0.116. The molecule has 0 radical (unpaired) electrons. The highest BCUT2D eigenvalue weighted by Gasteiger charge is 2.22. The van der Waals surface area contributed by atoms with Crippen molar-refractivity contribution in [2.75, 3.05) is 10.7 Å². The normalized spacial score (nSPS) is 10.9. The lowest BCUT2D eigenvalue weighted by atomic mass is 10.2. The molecular weight excluding hydrogens is 408 g/mol. The lowest BCUT2D eigenvalue weighted by Gasteiger charge is -2.26. The number of amides is 1. The fourth-order valence-electron chi connectivity index (χ4n) is 3.28. The number of aromatic nitrogens is 5. The van der Waals surface area contributed by atoms with Crippen molar-refractivity contribution in [1.29, 1.82) is 0 Å². The Morgan fingerprint density at radius 3 is 2.35 bits per heavy atom. The number of thioether (sulfide) groups is 1. The molecular formula is C23H22N6OS. The SMILES string of the molecule is CC(C)N(C(=O)CSc1nnc(-c2cccnc2)n1-c1ccccc1)c1cccnc1. The second kappa shape index (κ2) is 9.53. The van der Waals surface area contributed by atoms with E-state index in [1.54, 1.807) is 29.7 Å². The number of rotatable bonds is 7. The summed E-state index contributed by atoms with van der Waals surface area (Å²) < 4.78 is 1.96. The van der Waals surface area contributed by atoms with Crippen LogP contribution in [0, 0.1) is 0 Å². The molecule has 0 saturated carbocycles. The maximum absolute atomic E-state index is 13.1. The number of para-hydroxylation sites is 1. The van der Waals surface area contributed by atoms with Crippen LogP contribution in [-0.4, -0.2) is 42.4 Å². The van der Waals surface area contributed by atoms with Gasteiger partial charge in [0.2, 0.25) is 5.91 Å². The summed E-state index contributed by atoms with van der Waals surface area (Å²) in [5, 5.41) is 9.43. The van der Waals surface area contributed by atoms with Crippen LogP contribution in [-0.2, 0) is 4.79 Å². The fraction of sp³-hybridized carbons (Fsp3) is 0.174. The zero-order valence-corrected chi connectivity index (χ0v) is 18.1. The second-order valence-electron chi connectivity index (χ2n) is 7.08. The summed E-state index contributed by atoms with van der Waals surface area (Å²) in [5.74, 6) is 0.895. The molecule has 0 saturated heterocycles. The minimum absolute atomic E-state index is 0.00949. The number of hydrogen-bond acceptors (Lipinski definition) is 6. The van der Waals surface area contributed by atoms with E-state index in [0.717, 1.165) is 16.9 Å².